The zero-order valence-corrected chi connectivity index (χ0v) is 24.6. The summed E-state index contributed by atoms with van der Waals surface area (Å²) < 4.78 is 5.47. The smallest absolute Gasteiger partial charge is 0.259 e. The maximum absolute atomic E-state index is 13.6. The standard InChI is InChI=1S/C31H33Cl2N3O4/c1-19-6-5-7-24(33)27(19)29(38)35(4)25-11-9-20(13-26(25)36-15-31(16-36)17-40-18-31)22-12-21(8-10-23(22)32)28(37)34-14-30(2,3)39/h5-13,39H,14-18H2,1-4H3,(H,34,37). The lowest BCUT2D eigenvalue weighted by molar-refractivity contribution is -0.127. The van der Waals surface area contributed by atoms with E-state index < -0.39 is 5.60 Å². The van der Waals surface area contributed by atoms with Crippen molar-refractivity contribution in [1.82, 2.24) is 5.32 Å². The highest BCUT2D eigenvalue weighted by Gasteiger charge is 2.49. The first-order valence-electron chi connectivity index (χ1n) is 13.2. The molecule has 210 valence electrons. The Kier molecular flexibility index (Phi) is 7.61. The number of amides is 2. The van der Waals surface area contributed by atoms with Crippen molar-refractivity contribution in [1.29, 1.82) is 0 Å². The number of benzene rings is 3. The molecule has 2 aliphatic rings. The second-order valence-corrected chi connectivity index (χ2v) is 12.4. The molecule has 2 saturated heterocycles. The van der Waals surface area contributed by atoms with Gasteiger partial charge in [-0.15, -0.1) is 0 Å². The van der Waals surface area contributed by atoms with Gasteiger partial charge in [-0.05, 0) is 68.3 Å². The minimum atomic E-state index is -1.03. The molecule has 0 radical (unpaired) electrons. The number of ether oxygens (including phenoxy) is 1. The first-order chi connectivity index (χ1) is 18.9. The third kappa shape index (κ3) is 5.56. The monoisotopic (exact) mass is 581 g/mol. The summed E-state index contributed by atoms with van der Waals surface area (Å²) in [7, 11) is 1.76. The maximum atomic E-state index is 13.6. The van der Waals surface area contributed by atoms with Crippen molar-refractivity contribution < 1.29 is 19.4 Å². The number of hydrogen-bond acceptors (Lipinski definition) is 5. The van der Waals surface area contributed by atoms with Crippen molar-refractivity contribution in [3.05, 3.63) is 81.3 Å². The van der Waals surface area contributed by atoms with Crippen LogP contribution in [-0.2, 0) is 4.74 Å². The zero-order valence-electron chi connectivity index (χ0n) is 23.1. The highest BCUT2D eigenvalue weighted by atomic mass is 35.5. The van der Waals surface area contributed by atoms with E-state index in [1.54, 1.807) is 50.1 Å². The van der Waals surface area contributed by atoms with Gasteiger partial charge >= 0.3 is 0 Å². The van der Waals surface area contributed by atoms with Crippen molar-refractivity contribution in [2.75, 3.05) is 49.7 Å². The van der Waals surface area contributed by atoms with Crippen LogP contribution in [-0.4, -0.2) is 62.4 Å². The lowest BCUT2D eigenvalue weighted by atomic mass is 9.77. The molecular weight excluding hydrogens is 549 g/mol. The van der Waals surface area contributed by atoms with E-state index in [2.05, 4.69) is 10.2 Å². The Labute approximate surface area is 244 Å². The highest BCUT2D eigenvalue weighted by Crippen LogP contribution is 2.45. The van der Waals surface area contributed by atoms with E-state index in [-0.39, 0.29) is 23.8 Å². The van der Waals surface area contributed by atoms with E-state index in [9.17, 15) is 14.7 Å². The molecule has 3 aromatic rings. The number of halogens is 2. The van der Waals surface area contributed by atoms with Crippen LogP contribution < -0.4 is 15.1 Å². The lowest BCUT2D eigenvalue weighted by Gasteiger charge is -2.56. The van der Waals surface area contributed by atoms with Crippen molar-refractivity contribution >= 4 is 46.4 Å². The molecule has 7 nitrogen and oxygen atoms in total. The van der Waals surface area contributed by atoms with E-state index >= 15 is 0 Å². The van der Waals surface area contributed by atoms with E-state index in [0.717, 1.165) is 48.8 Å². The van der Waals surface area contributed by atoms with Crippen molar-refractivity contribution in [3.8, 4) is 11.1 Å². The molecule has 0 atom stereocenters. The van der Waals surface area contributed by atoms with E-state index in [1.165, 1.54) is 0 Å². The molecule has 2 aliphatic heterocycles. The average Bonchev–Trinajstić information content (AvgIpc) is 2.85. The Morgan fingerprint density at radius 2 is 1.80 bits per heavy atom. The Morgan fingerprint density at radius 1 is 1.07 bits per heavy atom. The quantitative estimate of drug-likeness (QED) is 0.380. The van der Waals surface area contributed by atoms with Crippen LogP contribution in [0, 0.1) is 12.3 Å². The van der Waals surface area contributed by atoms with Gasteiger partial charge in [-0.3, -0.25) is 9.59 Å². The van der Waals surface area contributed by atoms with Gasteiger partial charge in [0.25, 0.3) is 11.8 Å². The van der Waals surface area contributed by atoms with Crippen LogP contribution >= 0.6 is 23.2 Å². The number of anilines is 2. The Bertz CT molecular complexity index is 1450. The molecule has 1 spiro atoms. The SMILES string of the molecule is Cc1cccc(Cl)c1C(=O)N(C)c1ccc(-c2cc(C(=O)NCC(C)(C)O)ccc2Cl)cc1N1CC2(COC2)C1. The van der Waals surface area contributed by atoms with Crippen LogP contribution in [0.3, 0.4) is 0 Å². The molecule has 0 aliphatic carbocycles. The first-order valence-corrected chi connectivity index (χ1v) is 13.9. The zero-order chi connectivity index (χ0) is 28.8. The number of carbonyl (C=O) groups excluding carboxylic acids is 2. The second kappa shape index (κ2) is 10.7. The average molecular weight is 583 g/mol. The summed E-state index contributed by atoms with van der Waals surface area (Å²) in [6, 6.07) is 16.4. The van der Waals surface area contributed by atoms with Gasteiger partial charge in [0.2, 0.25) is 0 Å². The normalized spacial score (nSPS) is 15.8. The number of rotatable bonds is 7. The second-order valence-electron chi connectivity index (χ2n) is 11.5. The van der Waals surface area contributed by atoms with Gasteiger partial charge < -0.3 is 25.0 Å². The molecule has 2 fully saturated rings. The largest absolute Gasteiger partial charge is 0.389 e. The first kappa shape index (κ1) is 28.4. The fourth-order valence-electron chi connectivity index (χ4n) is 5.20. The molecule has 2 N–H and O–H groups in total. The van der Waals surface area contributed by atoms with E-state index in [4.69, 9.17) is 27.9 Å². The van der Waals surface area contributed by atoms with Crippen molar-refractivity contribution in [2.45, 2.75) is 26.4 Å². The van der Waals surface area contributed by atoms with E-state index in [0.29, 0.717) is 26.7 Å². The van der Waals surface area contributed by atoms with Gasteiger partial charge in [-0.25, -0.2) is 0 Å². The predicted molar refractivity (Wildman–Crippen MR) is 160 cm³/mol. The predicted octanol–water partition coefficient (Wildman–Crippen LogP) is 5.58. The van der Waals surface area contributed by atoms with Crippen LogP contribution in [0.2, 0.25) is 10.0 Å². The summed E-state index contributed by atoms with van der Waals surface area (Å²) in [5.41, 5.74) is 4.01. The van der Waals surface area contributed by atoms with Gasteiger partial charge in [-0.2, -0.15) is 0 Å². The summed E-state index contributed by atoms with van der Waals surface area (Å²) >= 11 is 13.1. The molecular formula is C31H33Cl2N3O4. The molecule has 3 aromatic carbocycles. The Balaban J connectivity index is 1.51. The molecule has 2 heterocycles. The van der Waals surface area contributed by atoms with Gasteiger partial charge in [0.1, 0.15) is 0 Å². The summed E-state index contributed by atoms with van der Waals surface area (Å²) in [5.74, 6) is -0.491. The number of nitrogens with one attached hydrogen (secondary N) is 1. The number of hydrogen-bond donors (Lipinski definition) is 2. The maximum Gasteiger partial charge on any atom is 0.259 e. The molecule has 0 saturated carbocycles. The number of aliphatic hydroxyl groups is 1. The van der Waals surface area contributed by atoms with Gasteiger partial charge in [0.05, 0.1) is 46.2 Å². The molecule has 0 bridgehead atoms. The minimum absolute atomic E-state index is 0.119. The van der Waals surface area contributed by atoms with Crippen LogP contribution in [0.4, 0.5) is 11.4 Å². The van der Waals surface area contributed by atoms with Crippen LogP contribution in [0.25, 0.3) is 11.1 Å². The minimum Gasteiger partial charge on any atom is -0.389 e. The summed E-state index contributed by atoms with van der Waals surface area (Å²) in [5, 5.41) is 13.7. The fraction of sp³-hybridized carbons (Fsp3) is 0.355. The van der Waals surface area contributed by atoms with E-state index in [1.807, 2.05) is 37.3 Å². The van der Waals surface area contributed by atoms with Crippen LogP contribution in [0.5, 0.6) is 0 Å². The number of nitrogens with zero attached hydrogens (tertiary/aromatic N) is 2. The van der Waals surface area contributed by atoms with Crippen molar-refractivity contribution in [3.63, 3.8) is 0 Å². The molecule has 2 amide bonds. The Morgan fingerprint density at radius 3 is 2.42 bits per heavy atom. The van der Waals surface area contributed by atoms with Gasteiger partial charge in [0, 0.05) is 42.8 Å². The van der Waals surface area contributed by atoms with Crippen molar-refractivity contribution in [2.24, 2.45) is 5.41 Å². The Hall–Kier alpha value is -3.10. The fourth-order valence-corrected chi connectivity index (χ4v) is 5.73. The summed E-state index contributed by atoms with van der Waals surface area (Å²) in [6.07, 6.45) is 0. The number of carbonyl (C=O) groups is 2. The molecule has 5 rings (SSSR count). The van der Waals surface area contributed by atoms with Crippen LogP contribution in [0.15, 0.2) is 54.6 Å². The molecule has 40 heavy (non-hydrogen) atoms. The van der Waals surface area contributed by atoms with Gasteiger partial charge in [0.15, 0.2) is 0 Å². The summed E-state index contributed by atoms with van der Waals surface area (Å²) in [4.78, 5) is 30.3. The summed E-state index contributed by atoms with van der Waals surface area (Å²) in [6.45, 7) is 8.38. The highest BCUT2D eigenvalue weighted by molar-refractivity contribution is 6.35. The lowest BCUT2D eigenvalue weighted by Crippen LogP contribution is -2.66. The third-order valence-corrected chi connectivity index (χ3v) is 8.15. The van der Waals surface area contributed by atoms with Gasteiger partial charge in [-0.1, -0.05) is 41.4 Å². The molecule has 9 heteroatoms. The number of aryl methyl sites for hydroxylation is 1. The van der Waals surface area contributed by atoms with Crippen LogP contribution in [0.1, 0.15) is 40.1 Å². The third-order valence-electron chi connectivity index (χ3n) is 7.51. The molecule has 0 unspecified atom stereocenters. The topological polar surface area (TPSA) is 82.1 Å². The molecule has 0 aromatic heterocycles.